The monoisotopic (exact) mass is 263 g/mol. The lowest BCUT2D eigenvalue weighted by Crippen LogP contribution is -2.51. The van der Waals surface area contributed by atoms with E-state index >= 15 is 0 Å². The highest BCUT2D eigenvalue weighted by Gasteiger charge is 2.45. The van der Waals surface area contributed by atoms with Crippen LogP contribution in [0.25, 0.3) is 0 Å². The lowest BCUT2D eigenvalue weighted by atomic mass is 9.59. The highest BCUT2D eigenvalue weighted by atomic mass is 19.1. The van der Waals surface area contributed by atoms with Gasteiger partial charge in [-0.15, -0.1) is 0 Å². The van der Waals surface area contributed by atoms with Crippen molar-refractivity contribution >= 4 is 0 Å². The number of halogens is 1. The molecule has 2 heteroatoms. The van der Waals surface area contributed by atoms with Crippen LogP contribution in [0.3, 0.4) is 0 Å². The van der Waals surface area contributed by atoms with Crippen LogP contribution in [0.5, 0.6) is 0 Å². The molecular weight excluding hydrogens is 237 g/mol. The molecule has 2 rings (SSSR count). The second-order valence-electron chi connectivity index (χ2n) is 7.16. The van der Waals surface area contributed by atoms with Crippen LogP contribution in [0.1, 0.15) is 57.6 Å². The van der Waals surface area contributed by atoms with Crippen molar-refractivity contribution in [3.05, 3.63) is 35.1 Å². The predicted octanol–water partition coefficient (Wildman–Crippen LogP) is 4.52. The van der Waals surface area contributed by atoms with Crippen molar-refractivity contribution in [2.24, 2.45) is 17.1 Å². The molecule has 1 aromatic carbocycles. The normalized spacial score (nSPS) is 28.4. The third-order valence-electron chi connectivity index (χ3n) is 4.70. The minimum atomic E-state index is -0.386. The summed E-state index contributed by atoms with van der Waals surface area (Å²) in [6.45, 7) is 8.79. The molecule has 2 atom stereocenters. The van der Waals surface area contributed by atoms with Crippen LogP contribution in [0.4, 0.5) is 4.39 Å². The zero-order valence-electron chi connectivity index (χ0n) is 12.6. The van der Waals surface area contributed by atoms with Crippen LogP contribution in [-0.4, -0.2) is 0 Å². The Bertz CT molecular complexity index is 461. The summed E-state index contributed by atoms with van der Waals surface area (Å²) in [6, 6.07) is 5.03. The molecule has 1 aromatic rings. The van der Waals surface area contributed by atoms with Crippen molar-refractivity contribution in [3.8, 4) is 0 Å². The maximum atomic E-state index is 13.6. The molecule has 1 saturated carbocycles. The second-order valence-corrected chi connectivity index (χ2v) is 7.16. The minimum absolute atomic E-state index is 0.147. The maximum absolute atomic E-state index is 13.6. The van der Waals surface area contributed by atoms with Crippen molar-refractivity contribution in [3.63, 3.8) is 0 Å². The fourth-order valence-electron chi connectivity index (χ4n) is 3.82. The van der Waals surface area contributed by atoms with E-state index in [4.69, 9.17) is 5.73 Å². The first-order valence-corrected chi connectivity index (χ1v) is 7.30. The molecule has 2 N–H and O–H groups in total. The molecule has 0 bridgehead atoms. The van der Waals surface area contributed by atoms with Crippen LogP contribution >= 0.6 is 0 Å². The van der Waals surface area contributed by atoms with Gasteiger partial charge in [0.2, 0.25) is 0 Å². The van der Waals surface area contributed by atoms with Crippen LogP contribution in [-0.2, 0) is 5.54 Å². The van der Waals surface area contributed by atoms with Gasteiger partial charge in [0.1, 0.15) is 5.82 Å². The third kappa shape index (κ3) is 2.69. The predicted molar refractivity (Wildman–Crippen MR) is 78.4 cm³/mol. The molecule has 106 valence electrons. The number of rotatable bonds is 1. The van der Waals surface area contributed by atoms with E-state index in [0.29, 0.717) is 5.92 Å². The van der Waals surface area contributed by atoms with Gasteiger partial charge in [0.25, 0.3) is 0 Å². The quantitative estimate of drug-likeness (QED) is 0.791. The van der Waals surface area contributed by atoms with Gasteiger partial charge >= 0.3 is 0 Å². The first-order valence-electron chi connectivity index (χ1n) is 7.30. The summed E-state index contributed by atoms with van der Waals surface area (Å²) in [7, 11) is 0. The maximum Gasteiger partial charge on any atom is 0.123 e. The number of benzene rings is 1. The van der Waals surface area contributed by atoms with Crippen molar-refractivity contribution in [2.45, 2.75) is 58.9 Å². The summed E-state index contributed by atoms with van der Waals surface area (Å²) >= 11 is 0. The van der Waals surface area contributed by atoms with Crippen molar-refractivity contribution < 1.29 is 4.39 Å². The van der Waals surface area contributed by atoms with Gasteiger partial charge in [-0.3, -0.25) is 0 Å². The summed E-state index contributed by atoms with van der Waals surface area (Å²) < 4.78 is 13.6. The second kappa shape index (κ2) is 4.90. The Kier molecular flexibility index (Phi) is 3.74. The standard InChI is InChI=1S/C17H26FN/c1-12-8-9-13(18)11-14(12)17(19)10-6-5-7-15(17)16(2,3)4/h8-9,11,15H,5-7,10,19H2,1-4H3. The van der Waals surface area contributed by atoms with Crippen molar-refractivity contribution in [2.75, 3.05) is 0 Å². The topological polar surface area (TPSA) is 26.0 Å². The van der Waals surface area contributed by atoms with Gasteiger partial charge < -0.3 is 5.73 Å². The average molecular weight is 263 g/mol. The molecule has 0 saturated heterocycles. The minimum Gasteiger partial charge on any atom is -0.321 e. The molecule has 1 aliphatic carbocycles. The fourth-order valence-corrected chi connectivity index (χ4v) is 3.82. The van der Waals surface area contributed by atoms with Gasteiger partial charge in [0, 0.05) is 5.54 Å². The summed E-state index contributed by atoms with van der Waals surface area (Å²) in [5, 5.41) is 0. The largest absolute Gasteiger partial charge is 0.321 e. The summed E-state index contributed by atoms with van der Waals surface area (Å²) in [5.41, 5.74) is 8.69. The first-order chi connectivity index (χ1) is 8.75. The highest BCUT2D eigenvalue weighted by Crippen LogP contribution is 2.48. The smallest absolute Gasteiger partial charge is 0.123 e. The van der Waals surface area contributed by atoms with E-state index in [9.17, 15) is 4.39 Å². The molecule has 1 nitrogen and oxygen atoms in total. The third-order valence-corrected chi connectivity index (χ3v) is 4.70. The van der Waals surface area contributed by atoms with Crippen LogP contribution in [0.2, 0.25) is 0 Å². The summed E-state index contributed by atoms with van der Waals surface area (Å²) in [4.78, 5) is 0. The Labute approximate surface area is 116 Å². The molecule has 1 fully saturated rings. The Morgan fingerprint density at radius 2 is 1.95 bits per heavy atom. The molecular formula is C17H26FN. The van der Waals surface area contributed by atoms with Gasteiger partial charge in [-0.05, 0) is 54.4 Å². The lowest BCUT2D eigenvalue weighted by Gasteiger charge is -2.49. The van der Waals surface area contributed by atoms with Gasteiger partial charge in [-0.1, -0.05) is 39.7 Å². The average Bonchev–Trinajstić information content (AvgIpc) is 2.31. The number of hydrogen-bond acceptors (Lipinski definition) is 1. The Balaban J connectivity index is 2.51. The molecule has 19 heavy (non-hydrogen) atoms. The van der Waals surface area contributed by atoms with Crippen LogP contribution < -0.4 is 5.73 Å². The molecule has 0 heterocycles. The van der Waals surface area contributed by atoms with E-state index < -0.39 is 0 Å². The molecule has 0 aliphatic heterocycles. The molecule has 0 radical (unpaired) electrons. The Morgan fingerprint density at radius 1 is 1.26 bits per heavy atom. The van der Waals surface area contributed by atoms with E-state index in [2.05, 4.69) is 20.8 Å². The molecule has 0 spiro atoms. The zero-order valence-corrected chi connectivity index (χ0v) is 12.6. The van der Waals surface area contributed by atoms with Gasteiger partial charge in [0.15, 0.2) is 0 Å². The summed E-state index contributed by atoms with van der Waals surface area (Å²) in [5.74, 6) is 0.220. The van der Waals surface area contributed by atoms with Gasteiger partial charge in [-0.2, -0.15) is 0 Å². The molecule has 0 amide bonds. The van der Waals surface area contributed by atoms with Crippen molar-refractivity contribution in [1.82, 2.24) is 0 Å². The van der Waals surface area contributed by atoms with E-state index in [1.807, 2.05) is 13.0 Å². The first kappa shape index (κ1) is 14.5. The Morgan fingerprint density at radius 3 is 2.58 bits per heavy atom. The molecule has 1 aliphatic rings. The highest BCUT2D eigenvalue weighted by molar-refractivity contribution is 5.34. The van der Waals surface area contributed by atoms with Crippen LogP contribution in [0, 0.1) is 24.1 Å². The van der Waals surface area contributed by atoms with Crippen LogP contribution in [0.15, 0.2) is 18.2 Å². The SMILES string of the molecule is Cc1ccc(F)cc1C1(N)CCCCC1C(C)(C)C. The van der Waals surface area contributed by atoms with E-state index in [0.717, 1.165) is 30.4 Å². The number of hydrogen-bond donors (Lipinski definition) is 1. The lowest BCUT2D eigenvalue weighted by molar-refractivity contribution is 0.0771. The summed E-state index contributed by atoms with van der Waals surface area (Å²) in [6.07, 6.45) is 4.46. The fraction of sp³-hybridized carbons (Fsp3) is 0.647. The zero-order chi connectivity index (χ0) is 14.3. The van der Waals surface area contributed by atoms with Gasteiger partial charge in [-0.25, -0.2) is 4.39 Å². The molecule has 2 unspecified atom stereocenters. The van der Waals surface area contributed by atoms with Crippen molar-refractivity contribution in [1.29, 1.82) is 0 Å². The van der Waals surface area contributed by atoms with E-state index in [1.54, 1.807) is 6.07 Å². The Hall–Kier alpha value is -0.890. The number of aryl methyl sites for hydroxylation is 1. The van der Waals surface area contributed by atoms with Gasteiger partial charge in [0.05, 0.1) is 0 Å². The van der Waals surface area contributed by atoms with E-state index in [1.165, 1.54) is 12.5 Å². The molecule has 0 aromatic heterocycles. The van der Waals surface area contributed by atoms with E-state index in [-0.39, 0.29) is 16.8 Å². The number of nitrogens with two attached hydrogens (primary N) is 1.